The fourth-order valence-electron chi connectivity index (χ4n) is 6.33. The van der Waals surface area contributed by atoms with Crippen molar-refractivity contribution in [2.24, 2.45) is 0 Å². The van der Waals surface area contributed by atoms with Crippen molar-refractivity contribution in [3.63, 3.8) is 0 Å². The first kappa shape index (κ1) is 35.4. The number of Topliss-reactive ketones (excluding diaryl/α,β-unsaturated/α-hetero) is 1. The van der Waals surface area contributed by atoms with Crippen LogP contribution in [0.4, 0.5) is 0 Å². The van der Waals surface area contributed by atoms with E-state index in [0.29, 0.717) is 11.1 Å². The third-order valence-electron chi connectivity index (χ3n) is 7.86. The van der Waals surface area contributed by atoms with Gasteiger partial charge >= 0.3 is 0 Å². The van der Waals surface area contributed by atoms with Gasteiger partial charge in [0.1, 0.15) is 5.76 Å². The second-order valence-electron chi connectivity index (χ2n) is 11.9. The van der Waals surface area contributed by atoms with Crippen molar-refractivity contribution in [2.75, 3.05) is 0 Å². The molecule has 3 nitrogen and oxygen atoms in total. The monoisotopic (exact) mass is 775 g/mol. The number of rotatable bonds is 5. The topological polar surface area (TPSA) is 50.2 Å². The molecule has 0 bridgehead atoms. The molecule has 5 rings (SSSR count). The Labute approximate surface area is 283 Å². The summed E-state index contributed by atoms with van der Waals surface area (Å²) in [5, 5.41) is 11.7. The molecule has 0 spiro atoms. The van der Waals surface area contributed by atoms with E-state index in [-0.39, 0.29) is 32.6 Å². The number of benzene rings is 4. The van der Waals surface area contributed by atoms with Crippen LogP contribution in [0, 0.1) is 68.4 Å². The molecule has 0 unspecified atom stereocenters. The molecular formula is C41H42NO2Pt-. The van der Waals surface area contributed by atoms with E-state index in [0.717, 1.165) is 72.5 Å². The first-order chi connectivity index (χ1) is 20.9. The third-order valence-corrected chi connectivity index (χ3v) is 7.86. The Bertz CT molecular complexity index is 1750. The van der Waals surface area contributed by atoms with Gasteiger partial charge in [-0.25, -0.2) is 0 Å². The van der Waals surface area contributed by atoms with Gasteiger partial charge in [-0.3, -0.25) is 4.79 Å². The standard InChI is InChI=1S/C30H34O2.C11H8N.Pt/c1-16-10-19(4)25(20(5)11-16)28(29(31)26-21(6)12-17(2)13-22(26)7)30(32)27-23(8)14-18(3)15-24(27)9;1-2-6-10(7-3-1)11-8-4-5-9-12-11;/h10-15,31H,1-9H3;1-6,8-9H;/q;-1;/b29-28-;;. The first-order valence-corrected chi connectivity index (χ1v) is 15.0. The van der Waals surface area contributed by atoms with Gasteiger partial charge in [-0.2, -0.15) is 0 Å². The molecular weight excluding hydrogens is 734 g/mol. The molecule has 5 aromatic rings. The van der Waals surface area contributed by atoms with Gasteiger partial charge in [0, 0.05) is 38.4 Å². The van der Waals surface area contributed by atoms with Crippen LogP contribution in [0.15, 0.2) is 85.1 Å². The number of allylic oxidation sites excluding steroid dienone is 1. The molecule has 0 aliphatic heterocycles. The van der Waals surface area contributed by atoms with Crippen LogP contribution in [0.2, 0.25) is 0 Å². The molecule has 0 aliphatic rings. The molecule has 1 aromatic heterocycles. The molecule has 1 N–H and O–H groups in total. The van der Waals surface area contributed by atoms with E-state index in [4.69, 9.17) is 0 Å². The van der Waals surface area contributed by atoms with Crippen LogP contribution in [0.25, 0.3) is 22.6 Å². The van der Waals surface area contributed by atoms with Gasteiger partial charge in [0.25, 0.3) is 0 Å². The maximum atomic E-state index is 14.2. The number of aliphatic hydroxyl groups excluding tert-OH is 1. The molecule has 0 aliphatic carbocycles. The molecule has 0 fully saturated rings. The second kappa shape index (κ2) is 15.3. The summed E-state index contributed by atoms with van der Waals surface area (Å²) in [7, 11) is 0. The predicted octanol–water partition coefficient (Wildman–Crippen LogP) is 10.3. The van der Waals surface area contributed by atoms with E-state index >= 15 is 0 Å². The quantitative estimate of drug-likeness (QED) is 0.0636. The number of nitrogens with zero attached hydrogens (tertiary/aromatic N) is 1. The van der Waals surface area contributed by atoms with Crippen LogP contribution in [0.3, 0.4) is 0 Å². The van der Waals surface area contributed by atoms with Crippen molar-refractivity contribution in [3.05, 3.63) is 158 Å². The molecule has 0 atom stereocenters. The zero-order valence-electron chi connectivity index (χ0n) is 27.7. The Balaban J connectivity index is 0.000000354. The van der Waals surface area contributed by atoms with Crippen LogP contribution in [0.1, 0.15) is 71.6 Å². The molecule has 45 heavy (non-hydrogen) atoms. The number of pyridine rings is 1. The molecule has 0 saturated carbocycles. The van der Waals surface area contributed by atoms with Crippen LogP contribution in [0.5, 0.6) is 0 Å². The Kier molecular flexibility index (Phi) is 12.0. The van der Waals surface area contributed by atoms with Gasteiger partial charge in [0.15, 0.2) is 5.78 Å². The van der Waals surface area contributed by atoms with Crippen LogP contribution in [-0.4, -0.2) is 15.9 Å². The first-order valence-electron chi connectivity index (χ1n) is 15.0. The van der Waals surface area contributed by atoms with Crippen molar-refractivity contribution in [1.29, 1.82) is 0 Å². The number of hydrogen-bond acceptors (Lipinski definition) is 3. The van der Waals surface area contributed by atoms with Crippen LogP contribution < -0.4 is 0 Å². The van der Waals surface area contributed by atoms with Gasteiger partial charge < -0.3 is 10.1 Å². The molecule has 4 heteroatoms. The minimum absolute atomic E-state index is 0. The molecule has 1 heterocycles. The van der Waals surface area contributed by atoms with Gasteiger partial charge in [0.05, 0.1) is 5.57 Å². The Morgan fingerprint density at radius 1 is 0.600 bits per heavy atom. The normalized spacial score (nSPS) is 11.1. The second-order valence-corrected chi connectivity index (χ2v) is 11.9. The summed E-state index contributed by atoms with van der Waals surface area (Å²) in [6, 6.07) is 29.1. The van der Waals surface area contributed by atoms with Crippen molar-refractivity contribution >= 4 is 17.1 Å². The Morgan fingerprint density at radius 2 is 1.04 bits per heavy atom. The summed E-state index contributed by atoms with van der Waals surface area (Å²) in [4.78, 5) is 18.4. The zero-order chi connectivity index (χ0) is 32.1. The number of hydrogen-bond donors (Lipinski definition) is 1. The SMILES string of the molecule is Cc1cc(C)c(C(=O)/C(=C(\O)c2c(C)cc(C)cc2C)c2c(C)cc(C)cc2C)c(C)c1.[Pt].[c-]1ccccc1-c1ccccn1. The summed E-state index contributed by atoms with van der Waals surface area (Å²) >= 11 is 0. The summed E-state index contributed by atoms with van der Waals surface area (Å²) in [5.74, 6) is -0.0774. The van der Waals surface area contributed by atoms with Crippen molar-refractivity contribution < 1.29 is 31.0 Å². The van der Waals surface area contributed by atoms with Crippen LogP contribution in [-0.2, 0) is 21.1 Å². The van der Waals surface area contributed by atoms with Gasteiger partial charge in [0.2, 0.25) is 0 Å². The van der Waals surface area contributed by atoms with E-state index in [1.54, 1.807) is 6.20 Å². The summed E-state index contributed by atoms with van der Waals surface area (Å²) in [6.45, 7) is 18.1. The zero-order valence-corrected chi connectivity index (χ0v) is 30.0. The van der Waals surface area contributed by atoms with Crippen molar-refractivity contribution in [3.8, 4) is 11.3 Å². The summed E-state index contributed by atoms with van der Waals surface area (Å²) in [6.07, 6.45) is 1.79. The smallest absolute Gasteiger partial charge is 0.197 e. The average molecular weight is 776 g/mol. The minimum Gasteiger partial charge on any atom is -0.507 e. The Morgan fingerprint density at radius 3 is 1.47 bits per heavy atom. The average Bonchev–Trinajstić information content (AvgIpc) is 2.95. The van der Waals surface area contributed by atoms with E-state index in [9.17, 15) is 9.90 Å². The number of aliphatic hydroxyl groups is 1. The molecule has 0 radical (unpaired) electrons. The third kappa shape index (κ3) is 8.15. The minimum atomic E-state index is -0.132. The predicted molar refractivity (Wildman–Crippen MR) is 184 cm³/mol. The largest absolute Gasteiger partial charge is 0.507 e. The van der Waals surface area contributed by atoms with Gasteiger partial charge in [-0.1, -0.05) is 65.2 Å². The maximum Gasteiger partial charge on any atom is 0.197 e. The van der Waals surface area contributed by atoms with Crippen molar-refractivity contribution in [1.82, 2.24) is 4.98 Å². The summed E-state index contributed by atoms with van der Waals surface area (Å²) in [5.41, 5.74) is 13.8. The Hall–Kier alpha value is -4.07. The van der Waals surface area contributed by atoms with Crippen LogP contribution >= 0.6 is 0 Å². The number of aryl methyl sites for hydroxylation is 9. The van der Waals surface area contributed by atoms with E-state index in [1.807, 2.05) is 110 Å². The molecule has 0 amide bonds. The van der Waals surface area contributed by atoms with Crippen molar-refractivity contribution in [2.45, 2.75) is 62.3 Å². The number of aromatic nitrogens is 1. The fraction of sp³-hybridized carbons (Fsp3) is 0.220. The van der Waals surface area contributed by atoms with E-state index in [1.165, 1.54) is 0 Å². The molecule has 4 aromatic carbocycles. The molecule has 0 saturated heterocycles. The van der Waals surface area contributed by atoms with E-state index in [2.05, 4.69) is 42.2 Å². The molecule has 234 valence electrons. The van der Waals surface area contributed by atoms with Gasteiger partial charge in [-0.15, -0.1) is 35.9 Å². The number of carbonyl (C=O) groups is 1. The fourth-order valence-corrected chi connectivity index (χ4v) is 6.33. The van der Waals surface area contributed by atoms with E-state index < -0.39 is 0 Å². The number of carbonyl (C=O) groups excluding carboxylic acids is 1. The maximum absolute atomic E-state index is 14.2. The van der Waals surface area contributed by atoms with Gasteiger partial charge in [-0.05, 0) is 113 Å². The summed E-state index contributed by atoms with van der Waals surface area (Å²) < 4.78 is 0. The number of ketones is 1.